The molecule has 3 heterocycles. The van der Waals surface area contributed by atoms with Crippen molar-refractivity contribution in [2.45, 2.75) is 42.8 Å². The Morgan fingerprint density at radius 3 is 2.60 bits per heavy atom. The summed E-state index contributed by atoms with van der Waals surface area (Å²) in [6, 6.07) is 17.8. The van der Waals surface area contributed by atoms with Gasteiger partial charge in [-0.2, -0.15) is 0 Å². The second-order valence-corrected chi connectivity index (χ2v) is 11.5. The van der Waals surface area contributed by atoms with Gasteiger partial charge in [0, 0.05) is 23.7 Å². The van der Waals surface area contributed by atoms with Crippen LogP contribution in [0.4, 0.5) is 5.13 Å². The van der Waals surface area contributed by atoms with Crippen molar-refractivity contribution in [2.75, 3.05) is 11.5 Å². The number of aryl methyl sites for hydroxylation is 1. The molecule has 0 aliphatic carbocycles. The van der Waals surface area contributed by atoms with Crippen LogP contribution in [0.1, 0.15) is 48.1 Å². The maximum absolute atomic E-state index is 13.5. The van der Waals surface area contributed by atoms with E-state index in [9.17, 15) is 14.7 Å². The first-order valence-corrected chi connectivity index (χ1v) is 14.7. The Hall–Kier alpha value is -4.02. The van der Waals surface area contributed by atoms with Gasteiger partial charge in [-0.05, 0) is 48.7 Å². The zero-order chi connectivity index (χ0) is 28.1. The molecule has 0 saturated carbocycles. The minimum Gasteiger partial charge on any atom is -0.507 e. The normalized spacial score (nSPS) is 16.4. The lowest BCUT2D eigenvalue weighted by atomic mass is 9.95. The number of thioether (sulfide) groups is 1. The predicted molar refractivity (Wildman–Crippen MR) is 157 cm³/mol. The highest BCUT2D eigenvalue weighted by atomic mass is 32.2. The van der Waals surface area contributed by atoms with E-state index in [1.165, 1.54) is 46.0 Å². The molecule has 2 aromatic heterocycles. The van der Waals surface area contributed by atoms with E-state index in [0.717, 1.165) is 18.4 Å². The molecule has 1 atom stereocenters. The first kappa shape index (κ1) is 27.5. The van der Waals surface area contributed by atoms with Crippen molar-refractivity contribution in [3.8, 4) is 5.75 Å². The van der Waals surface area contributed by atoms with Gasteiger partial charge in [0.25, 0.3) is 5.78 Å². The zero-order valence-electron chi connectivity index (χ0n) is 22.1. The van der Waals surface area contributed by atoms with Crippen LogP contribution in [-0.4, -0.2) is 38.6 Å². The van der Waals surface area contributed by atoms with Crippen LogP contribution in [0, 0.1) is 6.92 Å². The van der Waals surface area contributed by atoms with E-state index in [4.69, 9.17) is 4.74 Å². The average Bonchev–Trinajstić information content (AvgIpc) is 3.55. The highest BCUT2D eigenvalue weighted by molar-refractivity contribution is 8.00. The van der Waals surface area contributed by atoms with E-state index < -0.39 is 17.7 Å². The molecule has 5 rings (SSSR count). The number of Topliss-reactive ketones (excluding diaryl/α,β-unsaturated/α-hetero) is 1. The molecule has 0 radical (unpaired) electrons. The fourth-order valence-corrected chi connectivity index (χ4v) is 6.13. The Bertz CT molecular complexity index is 1540. The molecule has 40 heavy (non-hydrogen) atoms. The molecule has 0 bridgehead atoms. The van der Waals surface area contributed by atoms with Crippen LogP contribution in [0.25, 0.3) is 5.76 Å². The van der Waals surface area contributed by atoms with E-state index >= 15 is 0 Å². The van der Waals surface area contributed by atoms with Gasteiger partial charge in [0.15, 0.2) is 4.34 Å². The number of rotatable bonds is 10. The van der Waals surface area contributed by atoms with Crippen molar-refractivity contribution in [2.24, 2.45) is 0 Å². The summed E-state index contributed by atoms with van der Waals surface area (Å²) < 4.78 is 6.57. The van der Waals surface area contributed by atoms with Crippen LogP contribution in [-0.2, 0) is 15.3 Å². The summed E-state index contributed by atoms with van der Waals surface area (Å²) in [6.07, 6.45) is 4.93. The third-order valence-electron chi connectivity index (χ3n) is 6.42. The molecule has 2 aromatic carbocycles. The first-order valence-electron chi connectivity index (χ1n) is 12.9. The quantitative estimate of drug-likeness (QED) is 0.0586. The van der Waals surface area contributed by atoms with E-state index in [0.29, 0.717) is 33.6 Å². The monoisotopic (exact) mass is 572 g/mol. The van der Waals surface area contributed by atoms with Crippen molar-refractivity contribution in [1.29, 1.82) is 0 Å². The molecule has 1 aliphatic rings. The largest absolute Gasteiger partial charge is 0.507 e. The second-order valence-electron chi connectivity index (χ2n) is 9.30. The first-order chi connectivity index (χ1) is 19.5. The van der Waals surface area contributed by atoms with Crippen LogP contribution in [0.15, 0.2) is 83.0 Å². The van der Waals surface area contributed by atoms with E-state index in [-0.39, 0.29) is 16.5 Å². The van der Waals surface area contributed by atoms with Gasteiger partial charge in [0.05, 0.1) is 18.2 Å². The molecule has 4 aromatic rings. The maximum Gasteiger partial charge on any atom is 0.301 e. The standard InChI is InChI=1S/C30H28N4O4S2/c1-3-4-16-38-23-7-5-6-22(17-23)25-24(26(35)21-12-14-31-15-13-21)27(36)28(37)34(25)29-32-33-30(40-29)39-18-20-10-8-19(2)9-11-20/h5-15,17,25,35H,3-4,16,18H2,1-2H3. The summed E-state index contributed by atoms with van der Waals surface area (Å²) in [6.45, 7) is 4.68. The van der Waals surface area contributed by atoms with Gasteiger partial charge in [0.2, 0.25) is 5.13 Å². The molecule has 204 valence electrons. The lowest BCUT2D eigenvalue weighted by molar-refractivity contribution is -0.132. The molecule has 8 nitrogen and oxygen atoms in total. The number of nitrogens with zero attached hydrogens (tertiary/aromatic N) is 4. The van der Waals surface area contributed by atoms with Gasteiger partial charge >= 0.3 is 5.91 Å². The number of aromatic nitrogens is 3. The number of hydrogen-bond donors (Lipinski definition) is 1. The van der Waals surface area contributed by atoms with Crippen LogP contribution >= 0.6 is 23.1 Å². The number of pyridine rings is 1. The smallest absolute Gasteiger partial charge is 0.301 e. The Morgan fingerprint density at radius 1 is 1.07 bits per heavy atom. The molecule has 1 saturated heterocycles. The van der Waals surface area contributed by atoms with Crippen LogP contribution in [0.3, 0.4) is 0 Å². The number of anilines is 1. The molecule has 1 fully saturated rings. The predicted octanol–water partition coefficient (Wildman–Crippen LogP) is 6.34. The SMILES string of the molecule is CCCCOc1cccc(C2C(=C(O)c3ccncc3)C(=O)C(=O)N2c2nnc(SCc3ccc(C)cc3)s2)c1. The highest BCUT2D eigenvalue weighted by Crippen LogP contribution is 2.44. The van der Waals surface area contributed by atoms with Gasteiger partial charge in [-0.25, -0.2) is 0 Å². The topological polar surface area (TPSA) is 106 Å². The summed E-state index contributed by atoms with van der Waals surface area (Å²) in [4.78, 5) is 32.2. The maximum atomic E-state index is 13.5. The number of hydrogen-bond acceptors (Lipinski definition) is 9. The second kappa shape index (κ2) is 12.4. The van der Waals surface area contributed by atoms with E-state index in [1.807, 2.05) is 25.1 Å². The summed E-state index contributed by atoms with van der Waals surface area (Å²) >= 11 is 2.74. The van der Waals surface area contributed by atoms with Gasteiger partial charge in [-0.3, -0.25) is 19.5 Å². The number of carbonyl (C=O) groups excluding carboxylic acids is 2. The minimum atomic E-state index is -0.911. The van der Waals surface area contributed by atoms with Crippen LogP contribution < -0.4 is 9.64 Å². The molecular formula is C30H28N4O4S2. The Kier molecular flexibility index (Phi) is 8.57. The molecule has 10 heteroatoms. The lowest BCUT2D eigenvalue weighted by Crippen LogP contribution is -2.29. The molecule has 1 aliphatic heterocycles. The average molecular weight is 573 g/mol. The minimum absolute atomic E-state index is 0.0223. The van der Waals surface area contributed by atoms with Gasteiger partial charge in [0.1, 0.15) is 11.5 Å². The van der Waals surface area contributed by atoms with Crippen molar-refractivity contribution in [3.05, 3.63) is 101 Å². The highest BCUT2D eigenvalue weighted by Gasteiger charge is 2.48. The lowest BCUT2D eigenvalue weighted by Gasteiger charge is -2.23. The van der Waals surface area contributed by atoms with Gasteiger partial charge in [-0.1, -0.05) is 78.4 Å². The Labute approximate surface area is 240 Å². The van der Waals surface area contributed by atoms with Crippen molar-refractivity contribution >= 4 is 45.7 Å². The molecular weight excluding hydrogens is 544 g/mol. The zero-order valence-corrected chi connectivity index (χ0v) is 23.7. The molecule has 1 amide bonds. The summed E-state index contributed by atoms with van der Waals surface area (Å²) in [5.41, 5.74) is 3.32. The van der Waals surface area contributed by atoms with Gasteiger partial charge < -0.3 is 9.84 Å². The van der Waals surface area contributed by atoms with Crippen molar-refractivity contribution in [1.82, 2.24) is 15.2 Å². The number of ether oxygens (including phenoxy) is 1. The Balaban J connectivity index is 1.52. The number of benzene rings is 2. The van der Waals surface area contributed by atoms with Crippen molar-refractivity contribution < 1.29 is 19.4 Å². The number of aliphatic hydroxyl groups excluding tert-OH is 1. The Morgan fingerprint density at radius 2 is 1.85 bits per heavy atom. The van der Waals surface area contributed by atoms with E-state index in [1.54, 1.807) is 18.2 Å². The summed E-state index contributed by atoms with van der Waals surface area (Å²) in [7, 11) is 0. The summed E-state index contributed by atoms with van der Waals surface area (Å²) in [5, 5.41) is 20.1. The number of ketones is 1. The van der Waals surface area contributed by atoms with Crippen LogP contribution in [0.2, 0.25) is 0 Å². The van der Waals surface area contributed by atoms with E-state index in [2.05, 4.69) is 46.4 Å². The third-order valence-corrected chi connectivity index (χ3v) is 8.55. The fraction of sp³-hybridized carbons (Fsp3) is 0.233. The third kappa shape index (κ3) is 5.93. The number of amides is 1. The van der Waals surface area contributed by atoms with Crippen molar-refractivity contribution in [3.63, 3.8) is 0 Å². The van der Waals surface area contributed by atoms with Gasteiger partial charge in [-0.15, -0.1) is 10.2 Å². The fourth-order valence-electron chi connectivity index (χ4n) is 4.31. The number of carbonyl (C=O) groups is 2. The molecule has 1 N–H and O–H groups in total. The molecule has 0 spiro atoms. The molecule has 1 unspecified atom stereocenters. The number of unbranched alkanes of at least 4 members (excludes halogenated alkanes) is 1. The van der Waals surface area contributed by atoms with Crippen LogP contribution in [0.5, 0.6) is 5.75 Å². The summed E-state index contributed by atoms with van der Waals surface area (Å²) in [5.74, 6) is -0.531. The number of aliphatic hydroxyl groups is 1.